The van der Waals surface area contributed by atoms with Crippen LogP contribution in [0.15, 0.2) is 42.7 Å². The molecule has 0 aliphatic rings. The van der Waals surface area contributed by atoms with Gasteiger partial charge in [-0.25, -0.2) is 4.98 Å². The number of methoxy groups -OCH3 is 1. The summed E-state index contributed by atoms with van der Waals surface area (Å²) in [5.41, 5.74) is 1.85. The highest BCUT2D eigenvalue weighted by molar-refractivity contribution is 5.51. The highest BCUT2D eigenvalue weighted by Crippen LogP contribution is 2.20. The number of pyridine rings is 2. The molecule has 0 aromatic carbocycles. The van der Waals surface area contributed by atoms with E-state index in [1.54, 1.807) is 19.5 Å². The number of nitrogens with one attached hydrogen (secondary N) is 1. The van der Waals surface area contributed by atoms with E-state index in [-0.39, 0.29) is 0 Å². The van der Waals surface area contributed by atoms with Gasteiger partial charge in [0.1, 0.15) is 0 Å². The van der Waals surface area contributed by atoms with E-state index in [0.29, 0.717) is 12.4 Å². The Morgan fingerprint density at radius 2 is 2.00 bits per heavy atom. The number of rotatable bonds is 4. The Kier molecular flexibility index (Phi) is 3.33. The molecule has 0 aliphatic carbocycles. The number of hydrogen-bond donors (Lipinski definition) is 1. The van der Waals surface area contributed by atoms with Crippen LogP contribution in [0.25, 0.3) is 0 Å². The summed E-state index contributed by atoms with van der Waals surface area (Å²) in [6.07, 6.45) is 3.47. The van der Waals surface area contributed by atoms with Crippen molar-refractivity contribution in [1.82, 2.24) is 9.97 Å². The predicted molar refractivity (Wildman–Crippen MR) is 62.4 cm³/mol. The van der Waals surface area contributed by atoms with Crippen LogP contribution in [0.3, 0.4) is 0 Å². The maximum atomic E-state index is 5.14. The first-order chi connectivity index (χ1) is 7.90. The lowest BCUT2D eigenvalue weighted by molar-refractivity contribution is 0.399. The van der Waals surface area contributed by atoms with Crippen LogP contribution in [0.4, 0.5) is 5.69 Å². The fraction of sp³-hybridized carbons (Fsp3) is 0.167. The normalized spacial score (nSPS) is 9.81. The number of anilines is 1. The molecule has 0 amide bonds. The largest absolute Gasteiger partial charge is 0.480 e. The van der Waals surface area contributed by atoms with Crippen LogP contribution in [-0.2, 0) is 6.54 Å². The van der Waals surface area contributed by atoms with Crippen LogP contribution in [0.1, 0.15) is 5.69 Å². The van der Waals surface area contributed by atoms with Crippen molar-refractivity contribution >= 4 is 5.69 Å². The Hall–Kier alpha value is -2.10. The van der Waals surface area contributed by atoms with E-state index in [4.69, 9.17) is 4.74 Å². The minimum absolute atomic E-state index is 0.596. The molecule has 0 unspecified atom stereocenters. The van der Waals surface area contributed by atoms with Gasteiger partial charge in [-0.15, -0.1) is 0 Å². The molecule has 2 rings (SSSR count). The third-order valence-electron chi connectivity index (χ3n) is 2.15. The summed E-state index contributed by atoms with van der Waals surface area (Å²) >= 11 is 0. The van der Waals surface area contributed by atoms with E-state index >= 15 is 0 Å². The van der Waals surface area contributed by atoms with Crippen molar-refractivity contribution in [3.05, 3.63) is 48.4 Å². The molecule has 0 atom stereocenters. The Morgan fingerprint density at radius 1 is 1.12 bits per heavy atom. The van der Waals surface area contributed by atoms with Crippen molar-refractivity contribution in [1.29, 1.82) is 0 Å². The molecule has 16 heavy (non-hydrogen) atoms. The molecule has 0 bridgehead atoms. The van der Waals surface area contributed by atoms with E-state index in [0.717, 1.165) is 11.4 Å². The van der Waals surface area contributed by atoms with Crippen molar-refractivity contribution in [2.24, 2.45) is 0 Å². The number of aromatic nitrogens is 2. The molecule has 4 nitrogen and oxygen atoms in total. The van der Waals surface area contributed by atoms with Gasteiger partial charge in [-0.05, 0) is 24.3 Å². The first kappa shape index (κ1) is 10.4. The van der Waals surface area contributed by atoms with E-state index in [1.807, 2.05) is 30.3 Å². The van der Waals surface area contributed by atoms with Gasteiger partial charge >= 0.3 is 0 Å². The van der Waals surface area contributed by atoms with E-state index in [9.17, 15) is 0 Å². The van der Waals surface area contributed by atoms with Crippen LogP contribution >= 0.6 is 0 Å². The van der Waals surface area contributed by atoms with Crippen molar-refractivity contribution in [2.45, 2.75) is 6.54 Å². The van der Waals surface area contributed by atoms with Crippen molar-refractivity contribution in [2.75, 3.05) is 12.4 Å². The number of hydrogen-bond acceptors (Lipinski definition) is 4. The molecule has 1 N–H and O–H groups in total. The molecule has 0 radical (unpaired) electrons. The third kappa shape index (κ3) is 2.48. The molecule has 4 heteroatoms. The summed E-state index contributed by atoms with van der Waals surface area (Å²) < 4.78 is 5.14. The summed E-state index contributed by atoms with van der Waals surface area (Å²) in [5.74, 6) is 0.596. The van der Waals surface area contributed by atoms with E-state index in [1.165, 1.54) is 0 Å². The highest BCUT2D eigenvalue weighted by atomic mass is 16.5. The lowest BCUT2D eigenvalue weighted by atomic mass is 10.3. The zero-order chi connectivity index (χ0) is 11.2. The minimum atomic E-state index is 0.596. The lowest BCUT2D eigenvalue weighted by Crippen LogP contribution is -2.03. The van der Waals surface area contributed by atoms with Gasteiger partial charge in [-0.3, -0.25) is 4.98 Å². The molecule has 2 aromatic rings. The third-order valence-corrected chi connectivity index (χ3v) is 2.15. The van der Waals surface area contributed by atoms with Crippen LogP contribution < -0.4 is 10.1 Å². The molecule has 0 aliphatic heterocycles. The summed E-state index contributed by atoms with van der Waals surface area (Å²) in [6.45, 7) is 0.656. The molecule has 0 saturated carbocycles. The lowest BCUT2D eigenvalue weighted by Gasteiger charge is -2.08. The van der Waals surface area contributed by atoms with Gasteiger partial charge in [0.05, 0.1) is 25.0 Å². The molecule has 2 aromatic heterocycles. The standard InChI is InChI=1S/C12H13N3O/c1-16-12-11(6-4-8-14-12)15-9-10-5-2-3-7-13-10/h2-8,15H,9H2,1H3. The first-order valence-corrected chi connectivity index (χ1v) is 5.03. The predicted octanol–water partition coefficient (Wildman–Crippen LogP) is 2.10. The fourth-order valence-electron chi connectivity index (χ4n) is 1.38. The van der Waals surface area contributed by atoms with Gasteiger partial charge in [0.2, 0.25) is 5.88 Å². The van der Waals surface area contributed by atoms with Gasteiger partial charge in [-0.1, -0.05) is 6.07 Å². The average Bonchev–Trinajstić information content (AvgIpc) is 2.38. The molecule has 0 saturated heterocycles. The SMILES string of the molecule is COc1ncccc1NCc1ccccn1. The monoisotopic (exact) mass is 215 g/mol. The Morgan fingerprint density at radius 3 is 2.75 bits per heavy atom. The van der Waals surface area contributed by atoms with Crippen molar-refractivity contribution in [3.63, 3.8) is 0 Å². The van der Waals surface area contributed by atoms with Crippen LogP contribution in [-0.4, -0.2) is 17.1 Å². The zero-order valence-electron chi connectivity index (χ0n) is 9.05. The molecule has 0 spiro atoms. The quantitative estimate of drug-likeness (QED) is 0.848. The van der Waals surface area contributed by atoms with Crippen molar-refractivity contribution < 1.29 is 4.74 Å². The molecule has 0 fully saturated rings. The average molecular weight is 215 g/mol. The summed E-state index contributed by atoms with van der Waals surface area (Å²) in [4.78, 5) is 8.33. The summed E-state index contributed by atoms with van der Waals surface area (Å²) in [6, 6.07) is 9.62. The van der Waals surface area contributed by atoms with Gasteiger partial charge in [0, 0.05) is 12.4 Å². The van der Waals surface area contributed by atoms with Gasteiger partial charge < -0.3 is 10.1 Å². The Labute approximate surface area is 94.3 Å². The fourth-order valence-corrected chi connectivity index (χ4v) is 1.38. The van der Waals surface area contributed by atoms with E-state index < -0.39 is 0 Å². The van der Waals surface area contributed by atoms with Gasteiger partial charge in [0.15, 0.2) is 0 Å². The second-order valence-electron chi connectivity index (χ2n) is 3.23. The maximum absolute atomic E-state index is 5.14. The molecular weight excluding hydrogens is 202 g/mol. The van der Waals surface area contributed by atoms with Crippen LogP contribution in [0.5, 0.6) is 5.88 Å². The maximum Gasteiger partial charge on any atom is 0.237 e. The van der Waals surface area contributed by atoms with Crippen molar-refractivity contribution in [3.8, 4) is 5.88 Å². The number of nitrogens with zero attached hydrogens (tertiary/aromatic N) is 2. The van der Waals surface area contributed by atoms with Crippen LogP contribution in [0, 0.1) is 0 Å². The topological polar surface area (TPSA) is 47.0 Å². The highest BCUT2D eigenvalue weighted by Gasteiger charge is 2.02. The second kappa shape index (κ2) is 5.11. The first-order valence-electron chi connectivity index (χ1n) is 5.03. The van der Waals surface area contributed by atoms with Gasteiger partial charge in [-0.2, -0.15) is 0 Å². The van der Waals surface area contributed by atoms with Gasteiger partial charge in [0.25, 0.3) is 0 Å². The Bertz CT molecular complexity index is 445. The smallest absolute Gasteiger partial charge is 0.237 e. The zero-order valence-corrected chi connectivity index (χ0v) is 9.05. The summed E-state index contributed by atoms with van der Waals surface area (Å²) in [5, 5.41) is 3.23. The summed E-state index contributed by atoms with van der Waals surface area (Å²) in [7, 11) is 1.61. The molecule has 82 valence electrons. The Balaban J connectivity index is 2.05. The molecule has 2 heterocycles. The molecular formula is C12H13N3O. The second-order valence-corrected chi connectivity index (χ2v) is 3.23. The minimum Gasteiger partial charge on any atom is -0.480 e. The number of ether oxygens (including phenoxy) is 1. The van der Waals surface area contributed by atoms with E-state index in [2.05, 4.69) is 15.3 Å². The van der Waals surface area contributed by atoms with Crippen LogP contribution in [0.2, 0.25) is 0 Å².